The molecule has 1 aromatic heterocycles. The number of rotatable bonds is 1. The van der Waals surface area contributed by atoms with Crippen LogP contribution in [-0.4, -0.2) is 28.2 Å². The number of allylic oxidation sites excluding steroid dienone is 1. The summed E-state index contributed by atoms with van der Waals surface area (Å²) >= 11 is 11.8. The van der Waals surface area contributed by atoms with E-state index in [1.165, 1.54) is 13.8 Å². The largest absolute Gasteiger partial charge is 0.420 e. The molecule has 0 fully saturated rings. The van der Waals surface area contributed by atoms with Crippen LogP contribution in [0, 0.1) is 0 Å². The maximum Gasteiger partial charge on any atom is 0.420 e. The topological polar surface area (TPSA) is 84.4 Å². The van der Waals surface area contributed by atoms with Crippen LogP contribution >= 0.6 is 23.2 Å². The standard InChI is InChI=1S/C11H10Cl2N4O3/c1-4(2)20-11(19)17-5(3)10(18)14-6-7(17)9(13)16-15-8(6)12/h5H,1H2,2-3H3,(H,14,18). The first-order valence-electron chi connectivity index (χ1n) is 5.52. The molecule has 0 saturated carbocycles. The quantitative estimate of drug-likeness (QED) is 0.805. The van der Waals surface area contributed by atoms with Crippen LogP contribution in [-0.2, 0) is 9.53 Å². The minimum Gasteiger partial charge on any atom is -0.415 e. The molecule has 2 heterocycles. The van der Waals surface area contributed by atoms with E-state index in [4.69, 9.17) is 27.9 Å². The van der Waals surface area contributed by atoms with Crippen LogP contribution in [0.25, 0.3) is 0 Å². The molecule has 1 atom stereocenters. The molecule has 0 saturated heterocycles. The molecule has 20 heavy (non-hydrogen) atoms. The van der Waals surface area contributed by atoms with Crippen LogP contribution in [0.1, 0.15) is 13.8 Å². The molecule has 0 spiro atoms. The van der Waals surface area contributed by atoms with Gasteiger partial charge in [-0.25, -0.2) is 4.79 Å². The van der Waals surface area contributed by atoms with Gasteiger partial charge < -0.3 is 10.1 Å². The average Bonchev–Trinajstić information content (AvgIpc) is 2.35. The van der Waals surface area contributed by atoms with Crippen LogP contribution in [0.5, 0.6) is 0 Å². The molecular weight excluding hydrogens is 307 g/mol. The summed E-state index contributed by atoms with van der Waals surface area (Å²) in [6.07, 6.45) is -0.799. The van der Waals surface area contributed by atoms with Crippen molar-refractivity contribution in [3.63, 3.8) is 0 Å². The highest BCUT2D eigenvalue weighted by Gasteiger charge is 2.38. The van der Waals surface area contributed by atoms with E-state index in [2.05, 4.69) is 22.1 Å². The van der Waals surface area contributed by atoms with E-state index in [0.29, 0.717) is 0 Å². The van der Waals surface area contributed by atoms with Crippen LogP contribution in [0.15, 0.2) is 12.3 Å². The fourth-order valence-corrected chi connectivity index (χ4v) is 2.10. The zero-order valence-corrected chi connectivity index (χ0v) is 12.1. The number of carbonyl (C=O) groups is 2. The summed E-state index contributed by atoms with van der Waals surface area (Å²) in [7, 11) is 0. The van der Waals surface area contributed by atoms with Gasteiger partial charge in [-0.1, -0.05) is 29.8 Å². The highest BCUT2D eigenvalue weighted by Crippen LogP contribution is 2.40. The maximum atomic E-state index is 12.1. The van der Waals surface area contributed by atoms with Crippen molar-refractivity contribution >= 4 is 46.6 Å². The summed E-state index contributed by atoms with van der Waals surface area (Å²) in [6.45, 7) is 6.50. The Morgan fingerprint density at radius 2 is 2.00 bits per heavy atom. The van der Waals surface area contributed by atoms with Gasteiger partial charge in [-0.3, -0.25) is 9.69 Å². The van der Waals surface area contributed by atoms with Gasteiger partial charge in [-0.15, -0.1) is 10.2 Å². The zero-order chi connectivity index (χ0) is 15.0. The van der Waals surface area contributed by atoms with Crippen LogP contribution in [0.4, 0.5) is 16.2 Å². The molecule has 1 N–H and O–H groups in total. The van der Waals surface area contributed by atoms with Crippen molar-refractivity contribution in [3.8, 4) is 0 Å². The van der Waals surface area contributed by atoms with Crippen molar-refractivity contribution < 1.29 is 14.3 Å². The van der Waals surface area contributed by atoms with Crippen molar-refractivity contribution in [1.82, 2.24) is 10.2 Å². The molecule has 1 aliphatic rings. The highest BCUT2D eigenvalue weighted by molar-refractivity contribution is 6.38. The minimum atomic E-state index is -0.841. The number of fused-ring (bicyclic) bond motifs is 1. The molecular formula is C11H10Cl2N4O3. The number of hydrogen-bond acceptors (Lipinski definition) is 5. The first-order valence-corrected chi connectivity index (χ1v) is 6.27. The number of carbonyl (C=O) groups excluding carboxylic acids is 2. The van der Waals surface area contributed by atoms with Gasteiger partial charge in [-0.05, 0) is 13.8 Å². The molecule has 1 aromatic rings. The molecule has 9 heteroatoms. The lowest BCUT2D eigenvalue weighted by atomic mass is 10.1. The summed E-state index contributed by atoms with van der Waals surface area (Å²) in [6, 6.07) is -0.841. The van der Waals surface area contributed by atoms with E-state index in [1.54, 1.807) is 0 Å². The van der Waals surface area contributed by atoms with Crippen LogP contribution in [0.3, 0.4) is 0 Å². The van der Waals surface area contributed by atoms with E-state index >= 15 is 0 Å². The van der Waals surface area contributed by atoms with E-state index in [1.807, 2.05) is 0 Å². The third-order valence-electron chi connectivity index (χ3n) is 2.58. The molecule has 0 aliphatic carbocycles. The van der Waals surface area contributed by atoms with Crippen molar-refractivity contribution in [2.45, 2.75) is 19.9 Å². The predicted molar refractivity (Wildman–Crippen MR) is 73.9 cm³/mol. The average molecular weight is 317 g/mol. The molecule has 1 unspecified atom stereocenters. The Kier molecular flexibility index (Phi) is 3.82. The molecule has 0 bridgehead atoms. The summed E-state index contributed by atoms with van der Waals surface area (Å²) < 4.78 is 4.92. The third kappa shape index (κ3) is 2.41. The van der Waals surface area contributed by atoms with Gasteiger partial charge in [0.1, 0.15) is 17.4 Å². The fourth-order valence-electron chi connectivity index (χ4n) is 1.70. The van der Waals surface area contributed by atoms with Gasteiger partial charge >= 0.3 is 6.09 Å². The monoisotopic (exact) mass is 316 g/mol. The number of halogens is 2. The molecule has 106 valence electrons. The Bertz CT molecular complexity index is 620. The summed E-state index contributed by atoms with van der Waals surface area (Å²) in [5.74, 6) is -0.263. The Hall–Kier alpha value is -1.86. The molecule has 1 aliphatic heterocycles. The van der Waals surface area contributed by atoms with Gasteiger partial charge in [0.2, 0.25) is 5.91 Å². The van der Waals surface area contributed by atoms with E-state index in [0.717, 1.165) is 4.90 Å². The highest BCUT2D eigenvalue weighted by atomic mass is 35.5. The smallest absolute Gasteiger partial charge is 0.415 e. The van der Waals surface area contributed by atoms with E-state index in [-0.39, 0.29) is 27.4 Å². The Balaban J connectivity index is 2.57. The van der Waals surface area contributed by atoms with Gasteiger partial charge in [0.05, 0.1) is 5.76 Å². The van der Waals surface area contributed by atoms with E-state index in [9.17, 15) is 9.59 Å². The maximum absolute atomic E-state index is 12.1. The molecule has 2 amide bonds. The predicted octanol–water partition coefficient (Wildman–Crippen LogP) is 2.60. The number of amides is 2. The number of anilines is 2. The normalized spacial score (nSPS) is 17.3. The van der Waals surface area contributed by atoms with Gasteiger partial charge in [0.25, 0.3) is 0 Å². The molecule has 0 aromatic carbocycles. The summed E-state index contributed by atoms with van der Waals surface area (Å²) in [4.78, 5) is 25.1. The summed E-state index contributed by atoms with van der Waals surface area (Å²) in [5, 5.41) is 9.58. The van der Waals surface area contributed by atoms with Gasteiger partial charge in [-0.2, -0.15) is 0 Å². The van der Waals surface area contributed by atoms with Crippen molar-refractivity contribution in [2.75, 3.05) is 10.2 Å². The van der Waals surface area contributed by atoms with Crippen molar-refractivity contribution in [1.29, 1.82) is 0 Å². The van der Waals surface area contributed by atoms with Crippen LogP contribution in [0.2, 0.25) is 10.3 Å². The van der Waals surface area contributed by atoms with Gasteiger partial charge in [0.15, 0.2) is 10.3 Å². The van der Waals surface area contributed by atoms with E-state index < -0.39 is 18.0 Å². The number of ether oxygens (including phenoxy) is 1. The Morgan fingerprint density at radius 3 is 2.60 bits per heavy atom. The Morgan fingerprint density at radius 1 is 1.40 bits per heavy atom. The van der Waals surface area contributed by atoms with Crippen molar-refractivity contribution in [3.05, 3.63) is 22.6 Å². The number of nitrogens with zero attached hydrogens (tertiary/aromatic N) is 3. The third-order valence-corrected chi connectivity index (χ3v) is 3.10. The zero-order valence-electron chi connectivity index (χ0n) is 10.6. The molecule has 7 nitrogen and oxygen atoms in total. The number of nitrogens with one attached hydrogen (secondary N) is 1. The van der Waals surface area contributed by atoms with Crippen molar-refractivity contribution in [2.24, 2.45) is 0 Å². The molecule has 2 rings (SSSR count). The lowest BCUT2D eigenvalue weighted by Gasteiger charge is -2.33. The lowest BCUT2D eigenvalue weighted by molar-refractivity contribution is -0.117. The number of aromatic nitrogens is 2. The van der Waals surface area contributed by atoms with Gasteiger partial charge in [0, 0.05) is 0 Å². The first-order chi connectivity index (χ1) is 9.32. The minimum absolute atomic E-state index is 0.0715. The molecule has 0 radical (unpaired) electrons. The first kappa shape index (κ1) is 14.5. The SMILES string of the molecule is C=C(C)OC(=O)N1c2c(Cl)nnc(Cl)c2NC(=O)C1C. The Labute approximate surface area is 124 Å². The second kappa shape index (κ2) is 5.26. The second-order valence-electron chi connectivity index (χ2n) is 4.11. The number of hydrogen-bond donors (Lipinski definition) is 1. The fraction of sp³-hybridized carbons (Fsp3) is 0.273. The summed E-state index contributed by atoms with van der Waals surface area (Å²) in [5.41, 5.74) is 0.262. The van der Waals surface area contributed by atoms with Crippen LogP contribution < -0.4 is 10.2 Å². The lowest BCUT2D eigenvalue weighted by Crippen LogP contribution is -2.49. The second-order valence-corrected chi connectivity index (χ2v) is 4.83.